The second-order valence-electron chi connectivity index (χ2n) is 5.66. The highest BCUT2D eigenvalue weighted by molar-refractivity contribution is 5.29. The van der Waals surface area contributed by atoms with E-state index in [1.54, 1.807) is 0 Å². The third-order valence-electron chi connectivity index (χ3n) is 3.44. The predicted molar refractivity (Wildman–Crippen MR) is 101 cm³/mol. The smallest absolute Gasteiger partial charge is 0.108 e. The van der Waals surface area contributed by atoms with Crippen LogP contribution in [0, 0.1) is 0 Å². The van der Waals surface area contributed by atoms with Crippen LogP contribution in [0.5, 0.6) is 0 Å². The Balaban J connectivity index is 0.000000505. The SMILES string of the molecule is CCOCC.CN(C)CCOC(c1ccccc1)c1ccccc1. The van der Waals surface area contributed by atoms with E-state index in [4.69, 9.17) is 9.47 Å². The molecule has 0 aromatic heterocycles. The summed E-state index contributed by atoms with van der Waals surface area (Å²) < 4.78 is 10.9. The zero-order valence-electron chi connectivity index (χ0n) is 15.4. The van der Waals surface area contributed by atoms with Crippen molar-refractivity contribution in [3.8, 4) is 0 Å². The number of hydrogen-bond donors (Lipinski definition) is 0. The van der Waals surface area contributed by atoms with Gasteiger partial charge in [-0.1, -0.05) is 60.7 Å². The van der Waals surface area contributed by atoms with Gasteiger partial charge >= 0.3 is 0 Å². The fourth-order valence-electron chi connectivity index (χ4n) is 2.20. The number of likely N-dealkylation sites (N-methyl/N-ethyl adjacent to an activating group) is 1. The highest BCUT2D eigenvalue weighted by Crippen LogP contribution is 2.25. The van der Waals surface area contributed by atoms with Crippen LogP contribution < -0.4 is 0 Å². The van der Waals surface area contributed by atoms with Gasteiger partial charge in [-0.3, -0.25) is 0 Å². The molecule has 0 bridgehead atoms. The summed E-state index contributed by atoms with van der Waals surface area (Å²) in [7, 11) is 4.12. The lowest BCUT2D eigenvalue weighted by Gasteiger charge is -2.20. The van der Waals surface area contributed by atoms with Gasteiger partial charge in [0.15, 0.2) is 0 Å². The van der Waals surface area contributed by atoms with E-state index in [-0.39, 0.29) is 6.10 Å². The minimum atomic E-state index is 0.0161. The first-order valence-electron chi connectivity index (χ1n) is 8.63. The first-order chi connectivity index (χ1) is 11.7. The largest absolute Gasteiger partial charge is 0.382 e. The van der Waals surface area contributed by atoms with Gasteiger partial charge in [0.2, 0.25) is 0 Å². The summed E-state index contributed by atoms with van der Waals surface area (Å²) in [5.41, 5.74) is 2.40. The average Bonchev–Trinajstić information content (AvgIpc) is 2.61. The molecule has 0 saturated heterocycles. The van der Waals surface area contributed by atoms with Crippen LogP contribution in [0.2, 0.25) is 0 Å². The molecule has 2 aromatic rings. The van der Waals surface area contributed by atoms with E-state index in [0.29, 0.717) is 0 Å². The summed E-state index contributed by atoms with van der Waals surface area (Å²) in [5, 5.41) is 0. The van der Waals surface area contributed by atoms with Gasteiger partial charge in [0.1, 0.15) is 6.10 Å². The Morgan fingerprint density at radius 2 is 1.25 bits per heavy atom. The monoisotopic (exact) mass is 329 g/mol. The lowest BCUT2D eigenvalue weighted by Crippen LogP contribution is -2.20. The molecule has 0 spiro atoms. The number of ether oxygens (including phenoxy) is 2. The number of nitrogens with zero attached hydrogens (tertiary/aromatic N) is 1. The van der Waals surface area contributed by atoms with E-state index in [9.17, 15) is 0 Å². The van der Waals surface area contributed by atoms with Crippen molar-refractivity contribution in [2.75, 3.05) is 40.5 Å². The number of hydrogen-bond acceptors (Lipinski definition) is 3. The third-order valence-corrected chi connectivity index (χ3v) is 3.44. The average molecular weight is 329 g/mol. The Morgan fingerprint density at radius 3 is 1.58 bits per heavy atom. The van der Waals surface area contributed by atoms with Crippen molar-refractivity contribution >= 4 is 0 Å². The Hall–Kier alpha value is -1.68. The van der Waals surface area contributed by atoms with Crippen molar-refractivity contribution in [1.82, 2.24) is 4.90 Å². The summed E-state index contributed by atoms with van der Waals surface area (Å²) in [6.07, 6.45) is 0.0161. The zero-order chi connectivity index (χ0) is 17.6. The molecule has 0 radical (unpaired) electrons. The van der Waals surface area contributed by atoms with Gasteiger partial charge in [-0.2, -0.15) is 0 Å². The van der Waals surface area contributed by atoms with Crippen LogP contribution in [0.25, 0.3) is 0 Å². The lowest BCUT2D eigenvalue weighted by atomic mass is 10.0. The van der Waals surface area contributed by atoms with Crippen molar-refractivity contribution in [2.24, 2.45) is 0 Å². The Bertz CT molecular complexity index is 472. The van der Waals surface area contributed by atoms with E-state index in [2.05, 4.69) is 67.5 Å². The molecule has 0 unspecified atom stereocenters. The van der Waals surface area contributed by atoms with Crippen molar-refractivity contribution < 1.29 is 9.47 Å². The Morgan fingerprint density at radius 1 is 0.792 bits per heavy atom. The molecule has 24 heavy (non-hydrogen) atoms. The minimum Gasteiger partial charge on any atom is -0.382 e. The summed E-state index contributed by atoms with van der Waals surface area (Å²) in [6.45, 7) is 7.32. The van der Waals surface area contributed by atoms with Crippen molar-refractivity contribution in [1.29, 1.82) is 0 Å². The quantitative estimate of drug-likeness (QED) is 0.716. The minimum absolute atomic E-state index is 0.0161. The molecule has 2 aromatic carbocycles. The van der Waals surface area contributed by atoms with Crippen molar-refractivity contribution in [3.63, 3.8) is 0 Å². The summed E-state index contributed by atoms with van der Waals surface area (Å²) in [5.74, 6) is 0. The molecule has 0 N–H and O–H groups in total. The van der Waals surface area contributed by atoms with Crippen LogP contribution in [0.1, 0.15) is 31.1 Å². The van der Waals surface area contributed by atoms with Gasteiger partial charge < -0.3 is 14.4 Å². The second kappa shape index (κ2) is 12.7. The van der Waals surface area contributed by atoms with Gasteiger partial charge in [0.05, 0.1) is 6.61 Å². The molecule has 0 saturated carbocycles. The molecule has 0 amide bonds. The molecule has 0 aliphatic heterocycles. The maximum Gasteiger partial charge on any atom is 0.108 e. The van der Waals surface area contributed by atoms with Gasteiger partial charge in [0, 0.05) is 19.8 Å². The van der Waals surface area contributed by atoms with Crippen molar-refractivity contribution in [3.05, 3.63) is 71.8 Å². The normalized spacial score (nSPS) is 10.6. The number of rotatable bonds is 8. The van der Waals surface area contributed by atoms with Gasteiger partial charge in [-0.05, 0) is 39.1 Å². The molecular formula is C21H31NO2. The van der Waals surface area contributed by atoms with E-state index in [0.717, 1.165) is 26.4 Å². The van der Waals surface area contributed by atoms with Crippen LogP contribution in [0.3, 0.4) is 0 Å². The summed E-state index contributed by atoms with van der Waals surface area (Å²) >= 11 is 0. The third kappa shape index (κ3) is 8.25. The molecule has 2 rings (SSSR count). The lowest BCUT2D eigenvalue weighted by molar-refractivity contribution is 0.0687. The van der Waals surface area contributed by atoms with Crippen LogP contribution in [0.15, 0.2) is 60.7 Å². The van der Waals surface area contributed by atoms with Crippen LogP contribution in [-0.2, 0) is 9.47 Å². The summed E-state index contributed by atoms with van der Waals surface area (Å²) in [6, 6.07) is 20.8. The van der Waals surface area contributed by atoms with Crippen LogP contribution in [-0.4, -0.2) is 45.4 Å². The Labute approximate surface area is 147 Å². The topological polar surface area (TPSA) is 21.7 Å². The second-order valence-corrected chi connectivity index (χ2v) is 5.66. The van der Waals surface area contributed by atoms with Gasteiger partial charge in [0.25, 0.3) is 0 Å². The van der Waals surface area contributed by atoms with Gasteiger partial charge in [-0.25, -0.2) is 0 Å². The highest BCUT2D eigenvalue weighted by Gasteiger charge is 2.13. The first kappa shape index (κ1) is 20.4. The molecule has 0 fully saturated rings. The van der Waals surface area contributed by atoms with Gasteiger partial charge in [-0.15, -0.1) is 0 Å². The maximum absolute atomic E-state index is 6.08. The van der Waals surface area contributed by atoms with Crippen molar-refractivity contribution in [2.45, 2.75) is 20.0 Å². The van der Waals surface area contributed by atoms with E-state index < -0.39 is 0 Å². The predicted octanol–water partition coefficient (Wildman–Crippen LogP) is 4.40. The highest BCUT2D eigenvalue weighted by atomic mass is 16.5. The van der Waals surface area contributed by atoms with E-state index in [1.807, 2.05) is 26.0 Å². The molecule has 0 aliphatic rings. The van der Waals surface area contributed by atoms with Crippen LogP contribution in [0.4, 0.5) is 0 Å². The molecule has 0 heterocycles. The first-order valence-corrected chi connectivity index (χ1v) is 8.63. The fourth-order valence-corrected chi connectivity index (χ4v) is 2.20. The fraction of sp³-hybridized carbons (Fsp3) is 0.429. The molecule has 3 nitrogen and oxygen atoms in total. The molecule has 132 valence electrons. The Kier molecular flexibility index (Phi) is 10.8. The van der Waals surface area contributed by atoms with E-state index >= 15 is 0 Å². The summed E-state index contributed by atoms with van der Waals surface area (Å²) in [4.78, 5) is 2.13. The molecule has 0 aliphatic carbocycles. The van der Waals surface area contributed by atoms with Crippen LogP contribution >= 0.6 is 0 Å². The molecular weight excluding hydrogens is 298 g/mol. The standard InChI is InChI=1S/C17H21NO.C4H10O/c1-18(2)13-14-19-17(15-9-5-3-6-10-15)16-11-7-4-8-12-16;1-3-5-4-2/h3-12,17H,13-14H2,1-2H3;3-4H2,1-2H3. The van der Waals surface area contributed by atoms with E-state index in [1.165, 1.54) is 11.1 Å². The maximum atomic E-state index is 6.08. The number of benzene rings is 2. The molecule has 0 atom stereocenters. The zero-order valence-corrected chi connectivity index (χ0v) is 15.4. The molecule has 3 heteroatoms.